The summed E-state index contributed by atoms with van der Waals surface area (Å²) in [6.07, 6.45) is 0. The molecule has 0 spiro atoms. The van der Waals surface area contributed by atoms with E-state index >= 15 is 0 Å². The summed E-state index contributed by atoms with van der Waals surface area (Å²) in [6, 6.07) is 74.4. The molecule has 0 atom stereocenters. The van der Waals surface area contributed by atoms with Gasteiger partial charge in [0.2, 0.25) is 0 Å². The van der Waals surface area contributed by atoms with Gasteiger partial charge in [-0.05, 0) is 94.0 Å². The largest absolute Gasteiger partial charge is 0.454 e. The molecule has 12 rings (SSSR count). The molecule has 0 aliphatic rings. The molecule has 0 unspecified atom stereocenters. The second kappa shape index (κ2) is 12.5. The van der Waals surface area contributed by atoms with Crippen LogP contribution in [-0.2, 0) is 0 Å². The van der Waals surface area contributed by atoms with Crippen LogP contribution in [0.25, 0.3) is 110 Å². The zero-order chi connectivity index (χ0) is 37.5. The van der Waals surface area contributed by atoms with Crippen molar-refractivity contribution in [1.82, 2.24) is 9.13 Å². The van der Waals surface area contributed by atoms with Gasteiger partial charge >= 0.3 is 0 Å². The fourth-order valence-electron chi connectivity index (χ4n) is 9.07. The van der Waals surface area contributed by atoms with Gasteiger partial charge in [-0.25, -0.2) is 0 Å². The van der Waals surface area contributed by atoms with Gasteiger partial charge in [-0.1, -0.05) is 146 Å². The van der Waals surface area contributed by atoms with Crippen LogP contribution in [0.4, 0.5) is 0 Å². The molecule has 0 aliphatic heterocycles. The van der Waals surface area contributed by atoms with Crippen molar-refractivity contribution in [3.05, 3.63) is 206 Å². The lowest BCUT2D eigenvalue weighted by molar-refractivity contribution is 0.666. The minimum absolute atomic E-state index is 0.869. The van der Waals surface area contributed by atoms with E-state index in [0.717, 1.165) is 44.3 Å². The van der Waals surface area contributed by atoms with Crippen molar-refractivity contribution in [2.24, 2.45) is 0 Å². The van der Waals surface area contributed by atoms with E-state index in [-0.39, 0.29) is 0 Å². The number of furan rings is 1. The van der Waals surface area contributed by atoms with Gasteiger partial charge in [-0.3, -0.25) is 0 Å². The van der Waals surface area contributed by atoms with Gasteiger partial charge in [0.1, 0.15) is 5.58 Å². The van der Waals surface area contributed by atoms with Gasteiger partial charge in [-0.2, -0.15) is 0 Å². The highest BCUT2D eigenvalue weighted by Gasteiger charge is 2.20. The van der Waals surface area contributed by atoms with Crippen molar-refractivity contribution in [2.45, 2.75) is 0 Å². The number of nitrogens with zero attached hydrogens (tertiary/aromatic N) is 2. The standard InChI is InChI=1S/C54H34N2O/c1-3-13-35(14-4-1)37-17-11-18-38(31-37)39-26-29-50-46(32-39)43-20-8-9-22-48(43)55(50)41-27-30-53-47(34-41)45-21-12-24-51(54(45)57-53)56-49-23-10-7-19-42(49)44-28-25-40(33-52(44)56)36-15-5-2-6-16-36/h1-34H. The summed E-state index contributed by atoms with van der Waals surface area (Å²) in [5.74, 6) is 0. The monoisotopic (exact) mass is 726 g/mol. The summed E-state index contributed by atoms with van der Waals surface area (Å²) in [5, 5.41) is 7.09. The van der Waals surface area contributed by atoms with Gasteiger partial charge in [0.25, 0.3) is 0 Å². The highest BCUT2D eigenvalue weighted by atomic mass is 16.3. The molecule has 266 valence electrons. The van der Waals surface area contributed by atoms with Crippen LogP contribution >= 0.6 is 0 Å². The number of aromatic nitrogens is 2. The molecule has 57 heavy (non-hydrogen) atoms. The SMILES string of the molecule is c1ccc(-c2cccc(-c3ccc4c(c3)c3ccccc3n4-c3ccc4oc5c(-n6c7ccccc7c7ccc(-c8ccccc8)cc76)cccc5c4c3)c2)cc1. The van der Waals surface area contributed by atoms with Crippen LogP contribution in [0.15, 0.2) is 211 Å². The molecule has 0 saturated heterocycles. The Hall–Kier alpha value is -7.62. The van der Waals surface area contributed by atoms with E-state index in [4.69, 9.17) is 4.42 Å². The van der Waals surface area contributed by atoms with Crippen LogP contribution in [0.2, 0.25) is 0 Å². The second-order valence-electron chi connectivity index (χ2n) is 14.9. The predicted molar refractivity (Wildman–Crippen MR) is 239 cm³/mol. The third kappa shape index (κ3) is 4.92. The van der Waals surface area contributed by atoms with E-state index in [2.05, 4.69) is 215 Å². The molecule has 3 aromatic heterocycles. The average molecular weight is 727 g/mol. The lowest BCUT2D eigenvalue weighted by Gasteiger charge is -2.10. The Bertz CT molecular complexity index is 3510. The molecule has 0 radical (unpaired) electrons. The summed E-state index contributed by atoms with van der Waals surface area (Å²) >= 11 is 0. The summed E-state index contributed by atoms with van der Waals surface area (Å²) in [7, 11) is 0. The molecule has 9 aromatic carbocycles. The molecule has 0 saturated carbocycles. The maximum atomic E-state index is 6.84. The maximum absolute atomic E-state index is 6.84. The summed E-state index contributed by atoms with van der Waals surface area (Å²) in [5.41, 5.74) is 15.8. The van der Waals surface area contributed by atoms with Crippen LogP contribution in [0.1, 0.15) is 0 Å². The Kier molecular flexibility index (Phi) is 6.93. The van der Waals surface area contributed by atoms with Crippen LogP contribution in [0, 0.1) is 0 Å². The molecule has 3 heterocycles. The minimum Gasteiger partial charge on any atom is -0.454 e. The van der Waals surface area contributed by atoms with Crippen LogP contribution in [-0.4, -0.2) is 9.13 Å². The quantitative estimate of drug-likeness (QED) is 0.173. The molecule has 12 aromatic rings. The first kappa shape index (κ1) is 31.7. The molecule has 0 bridgehead atoms. The molecule has 0 amide bonds. The van der Waals surface area contributed by atoms with Crippen molar-refractivity contribution < 1.29 is 4.42 Å². The molecule has 3 nitrogen and oxygen atoms in total. The Morgan fingerprint density at radius 3 is 1.60 bits per heavy atom. The van der Waals surface area contributed by atoms with Crippen LogP contribution in [0.5, 0.6) is 0 Å². The Labute approximate surface area is 328 Å². The van der Waals surface area contributed by atoms with Crippen LogP contribution in [0.3, 0.4) is 0 Å². The number of hydrogen-bond donors (Lipinski definition) is 0. The molecule has 3 heteroatoms. The van der Waals surface area contributed by atoms with Gasteiger partial charge in [0.05, 0.1) is 27.8 Å². The summed E-state index contributed by atoms with van der Waals surface area (Å²) < 4.78 is 11.6. The number of fused-ring (bicyclic) bond motifs is 9. The molecular formula is C54H34N2O. The molecular weight excluding hydrogens is 693 g/mol. The molecule has 0 N–H and O–H groups in total. The third-order valence-corrected chi connectivity index (χ3v) is 11.7. The van der Waals surface area contributed by atoms with Gasteiger partial charge in [0, 0.05) is 38.0 Å². The van der Waals surface area contributed by atoms with Crippen molar-refractivity contribution in [3.8, 4) is 44.8 Å². The zero-order valence-corrected chi connectivity index (χ0v) is 30.9. The predicted octanol–water partition coefficient (Wildman–Crippen LogP) is 14.8. The highest BCUT2D eigenvalue weighted by Crippen LogP contribution is 2.41. The number of rotatable bonds is 5. The fourth-order valence-corrected chi connectivity index (χ4v) is 9.07. The Balaban J connectivity index is 1.03. The maximum Gasteiger partial charge on any atom is 0.159 e. The van der Waals surface area contributed by atoms with E-state index in [1.54, 1.807) is 0 Å². The minimum atomic E-state index is 0.869. The van der Waals surface area contributed by atoms with E-state index in [1.165, 1.54) is 66.0 Å². The third-order valence-electron chi connectivity index (χ3n) is 11.7. The van der Waals surface area contributed by atoms with E-state index in [1.807, 2.05) is 0 Å². The number of para-hydroxylation sites is 3. The zero-order valence-electron chi connectivity index (χ0n) is 30.9. The normalized spacial score (nSPS) is 11.9. The topological polar surface area (TPSA) is 23.0 Å². The van der Waals surface area contributed by atoms with Crippen molar-refractivity contribution in [3.63, 3.8) is 0 Å². The van der Waals surface area contributed by atoms with Gasteiger partial charge in [-0.15, -0.1) is 0 Å². The first-order valence-corrected chi connectivity index (χ1v) is 19.5. The van der Waals surface area contributed by atoms with E-state index in [9.17, 15) is 0 Å². The van der Waals surface area contributed by atoms with Gasteiger partial charge in [0.15, 0.2) is 5.58 Å². The smallest absolute Gasteiger partial charge is 0.159 e. The Morgan fingerprint density at radius 1 is 0.281 bits per heavy atom. The van der Waals surface area contributed by atoms with E-state index in [0.29, 0.717) is 0 Å². The van der Waals surface area contributed by atoms with Crippen molar-refractivity contribution >= 4 is 65.6 Å². The summed E-state index contributed by atoms with van der Waals surface area (Å²) in [6.45, 7) is 0. The van der Waals surface area contributed by atoms with Crippen molar-refractivity contribution in [2.75, 3.05) is 0 Å². The average Bonchev–Trinajstić information content (AvgIpc) is 3.94. The summed E-state index contributed by atoms with van der Waals surface area (Å²) in [4.78, 5) is 0. The fraction of sp³-hybridized carbons (Fsp3) is 0. The Morgan fingerprint density at radius 2 is 0.825 bits per heavy atom. The number of hydrogen-bond acceptors (Lipinski definition) is 1. The number of benzene rings is 9. The molecule has 0 aliphatic carbocycles. The molecule has 0 fully saturated rings. The lowest BCUT2D eigenvalue weighted by atomic mass is 9.98. The first-order valence-electron chi connectivity index (χ1n) is 19.5. The highest BCUT2D eigenvalue weighted by molar-refractivity contribution is 6.14. The second-order valence-corrected chi connectivity index (χ2v) is 14.9. The lowest BCUT2D eigenvalue weighted by Crippen LogP contribution is -1.94. The van der Waals surface area contributed by atoms with Crippen molar-refractivity contribution in [1.29, 1.82) is 0 Å². The first-order chi connectivity index (χ1) is 28.3. The van der Waals surface area contributed by atoms with Crippen LogP contribution < -0.4 is 0 Å². The van der Waals surface area contributed by atoms with E-state index < -0.39 is 0 Å². The van der Waals surface area contributed by atoms with Gasteiger partial charge < -0.3 is 13.6 Å².